The third-order valence-corrected chi connectivity index (χ3v) is 6.23. The van der Waals surface area contributed by atoms with Crippen LogP contribution in [-0.4, -0.2) is 39.2 Å². The Morgan fingerprint density at radius 2 is 1.93 bits per heavy atom. The highest BCUT2D eigenvalue weighted by molar-refractivity contribution is 5.89. The highest BCUT2D eigenvalue weighted by atomic mass is 16.4. The fourth-order valence-electron chi connectivity index (χ4n) is 4.54. The van der Waals surface area contributed by atoms with Crippen molar-refractivity contribution in [2.75, 3.05) is 13.1 Å². The van der Waals surface area contributed by atoms with Crippen molar-refractivity contribution >= 4 is 5.91 Å². The van der Waals surface area contributed by atoms with Gasteiger partial charge in [0.05, 0.1) is 6.61 Å². The van der Waals surface area contributed by atoms with Crippen LogP contribution in [0.15, 0.2) is 46.9 Å². The van der Waals surface area contributed by atoms with E-state index in [0.29, 0.717) is 24.9 Å². The van der Waals surface area contributed by atoms with Crippen molar-refractivity contribution in [1.29, 1.82) is 0 Å². The van der Waals surface area contributed by atoms with Crippen LogP contribution in [0.4, 0.5) is 0 Å². The molecule has 1 aliphatic carbocycles. The predicted molar refractivity (Wildman–Crippen MR) is 112 cm³/mol. The van der Waals surface area contributed by atoms with Crippen LogP contribution >= 0.6 is 0 Å². The van der Waals surface area contributed by atoms with Crippen LogP contribution < -0.4 is 0 Å². The van der Waals surface area contributed by atoms with Crippen molar-refractivity contribution < 1.29 is 14.3 Å². The number of hydrogen-bond donors (Lipinski definition) is 1. The number of carbonyl (C=O) groups is 1. The number of aliphatic hydroxyl groups is 1. The predicted octanol–water partition coefficient (Wildman–Crippen LogP) is 4.04. The van der Waals surface area contributed by atoms with Gasteiger partial charge in [0.2, 0.25) is 5.89 Å². The Kier molecular flexibility index (Phi) is 4.87. The SMILES string of the molecule is Cc1nnc(C(=O)N2CCC(c3ccc(-c4ccccc4C4CC4)cc3CO)C2)o1. The largest absolute Gasteiger partial charge is 0.417 e. The zero-order valence-electron chi connectivity index (χ0n) is 17.0. The van der Waals surface area contributed by atoms with Gasteiger partial charge in [-0.15, -0.1) is 10.2 Å². The van der Waals surface area contributed by atoms with E-state index < -0.39 is 0 Å². The van der Waals surface area contributed by atoms with Gasteiger partial charge in [-0.3, -0.25) is 4.79 Å². The molecule has 0 radical (unpaired) electrons. The summed E-state index contributed by atoms with van der Waals surface area (Å²) in [6.45, 7) is 2.89. The van der Waals surface area contributed by atoms with E-state index in [1.54, 1.807) is 11.8 Å². The molecule has 154 valence electrons. The molecule has 2 fully saturated rings. The number of aryl methyl sites for hydroxylation is 1. The summed E-state index contributed by atoms with van der Waals surface area (Å²) in [7, 11) is 0. The van der Waals surface area contributed by atoms with E-state index in [0.717, 1.165) is 23.1 Å². The lowest BCUT2D eigenvalue weighted by molar-refractivity contribution is 0.0749. The molecule has 2 aromatic carbocycles. The van der Waals surface area contributed by atoms with Crippen LogP contribution in [0, 0.1) is 6.92 Å². The van der Waals surface area contributed by atoms with Gasteiger partial charge in [-0.2, -0.15) is 0 Å². The number of aliphatic hydroxyl groups excluding tert-OH is 1. The Morgan fingerprint density at radius 3 is 2.67 bits per heavy atom. The average molecular weight is 403 g/mol. The van der Waals surface area contributed by atoms with E-state index in [1.165, 1.54) is 24.0 Å². The molecule has 2 aliphatic rings. The van der Waals surface area contributed by atoms with E-state index in [-0.39, 0.29) is 24.3 Å². The molecule has 6 heteroatoms. The lowest BCUT2D eigenvalue weighted by Crippen LogP contribution is -2.28. The molecule has 3 aromatic rings. The normalized spacial score (nSPS) is 18.7. The summed E-state index contributed by atoms with van der Waals surface area (Å²) in [6.07, 6.45) is 3.37. The molecule has 1 amide bonds. The topological polar surface area (TPSA) is 79.5 Å². The van der Waals surface area contributed by atoms with Gasteiger partial charge in [0.1, 0.15) is 0 Å². The maximum Gasteiger partial charge on any atom is 0.311 e. The van der Waals surface area contributed by atoms with Gasteiger partial charge in [0, 0.05) is 25.9 Å². The van der Waals surface area contributed by atoms with E-state index in [1.807, 2.05) is 0 Å². The fourth-order valence-corrected chi connectivity index (χ4v) is 4.54. The molecule has 30 heavy (non-hydrogen) atoms. The summed E-state index contributed by atoms with van der Waals surface area (Å²) in [5.41, 5.74) is 5.86. The molecule has 1 N–H and O–H groups in total. The molecule has 0 spiro atoms. The second-order valence-electron chi connectivity index (χ2n) is 8.30. The van der Waals surface area contributed by atoms with Gasteiger partial charge >= 0.3 is 11.8 Å². The van der Waals surface area contributed by atoms with E-state index in [4.69, 9.17) is 4.42 Å². The maximum atomic E-state index is 12.6. The molecule has 5 rings (SSSR count). The highest BCUT2D eigenvalue weighted by Gasteiger charge is 2.32. The molecule has 2 heterocycles. The van der Waals surface area contributed by atoms with Crippen molar-refractivity contribution in [1.82, 2.24) is 15.1 Å². The summed E-state index contributed by atoms with van der Waals surface area (Å²) in [4.78, 5) is 14.4. The molecular formula is C24H25N3O3. The molecule has 0 bridgehead atoms. The standard InChI is InChI=1S/C24H25N3O3/c1-15-25-26-23(30-15)24(29)27-11-10-18(13-27)20-9-8-17(12-19(20)14-28)22-5-3-2-4-21(22)16-6-7-16/h2-5,8-9,12,16,18,28H,6-7,10-11,13-14H2,1H3. The van der Waals surface area contributed by atoms with Crippen molar-refractivity contribution in [3.8, 4) is 11.1 Å². The van der Waals surface area contributed by atoms with Crippen LogP contribution in [0.25, 0.3) is 11.1 Å². The number of aromatic nitrogens is 2. The Bertz CT molecular complexity index is 1090. The summed E-state index contributed by atoms with van der Waals surface area (Å²) in [5, 5.41) is 17.7. The Hall–Kier alpha value is -2.99. The monoisotopic (exact) mass is 403 g/mol. The molecule has 6 nitrogen and oxygen atoms in total. The van der Waals surface area contributed by atoms with Crippen LogP contribution in [0.1, 0.15) is 64.4 Å². The fraction of sp³-hybridized carbons (Fsp3) is 0.375. The minimum Gasteiger partial charge on any atom is -0.417 e. The molecule has 1 unspecified atom stereocenters. The Morgan fingerprint density at radius 1 is 1.10 bits per heavy atom. The van der Waals surface area contributed by atoms with Gasteiger partial charge in [0.15, 0.2) is 0 Å². The van der Waals surface area contributed by atoms with Crippen molar-refractivity contribution in [3.05, 3.63) is 70.9 Å². The minimum absolute atomic E-state index is 0.0118. The third-order valence-electron chi connectivity index (χ3n) is 6.23. The first kappa shape index (κ1) is 19.0. The molecule has 1 aromatic heterocycles. The lowest BCUT2D eigenvalue weighted by atomic mass is 9.89. The number of benzene rings is 2. The molecule has 1 atom stereocenters. The summed E-state index contributed by atoms with van der Waals surface area (Å²) >= 11 is 0. The Labute approximate surface area is 175 Å². The van der Waals surface area contributed by atoms with Crippen LogP contribution in [-0.2, 0) is 6.61 Å². The van der Waals surface area contributed by atoms with Gasteiger partial charge in [-0.1, -0.05) is 36.4 Å². The first-order chi connectivity index (χ1) is 14.6. The summed E-state index contributed by atoms with van der Waals surface area (Å²) in [6, 6.07) is 15.0. The number of rotatable bonds is 5. The third kappa shape index (κ3) is 3.52. The van der Waals surface area contributed by atoms with Crippen LogP contribution in [0.5, 0.6) is 0 Å². The van der Waals surface area contributed by atoms with E-state index in [2.05, 4.69) is 52.7 Å². The van der Waals surface area contributed by atoms with Crippen molar-refractivity contribution in [2.45, 2.75) is 44.6 Å². The van der Waals surface area contributed by atoms with Gasteiger partial charge < -0.3 is 14.4 Å². The Balaban J connectivity index is 1.39. The first-order valence-electron chi connectivity index (χ1n) is 10.6. The summed E-state index contributed by atoms with van der Waals surface area (Å²) < 4.78 is 5.29. The van der Waals surface area contributed by atoms with Gasteiger partial charge in [-0.25, -0.2) is 0 Å². The van der Waals surface area contributed by atoms with Crippen molar-refractivity contribution in [3.63, 3.8) is 0 Å². The van der Waals surface area contributed by atoms with E-state index >= 15 is 0 Å². The zero-order valence-corrected chi connectivity index (χ0v) is 17.0. The molecule has 1 aliphatic heterocycles. The molecule has 1 saturated heterocycles. The molecular weight excluding hydrogens is 378 g/mol. The quantitative estimate of drug-likeness (QED) is 0.695. The number of carbonyl (C=O) groups excluding carboxylic acids is 1. The van der Waals surface area contributed by atoms with Gasteiger partial charge in [-0.05, 0) is 59.1 Å². The second-order valence-corrected chi connectivity index (χ2v) is 8.30. The lowest BCUT2D eigenvalue weighted by Gasteiger charge is -2.18. The zero-order chi connectivity index (χ0) is 20.7. The minimum atomic E-state index is -0.223. The van der Waals surface area contributed by atoms with Crippen molar-refractivity contribution in [2.24, 2.45) is 0 Å². The number of amides is 1. The highest BCUT2D eigenvalue weighted by Crippen LogP contribution is 2.44. The number of hydrogen-bond acceptors (Lipinski definition) is 5. The second kappa shape index (κ2) is 7.69. The first-order valence-corrected chi connectivity index (χ1v) is 10.6. The average Bonchev–Trinajstić information content (AvgIpc) is 3.35. The van der Waals surface area contributed by atoms with Gasteiger partial charge in [0.25, 0.3) is 0 Å². The number of nitrogens with zero attached hydrogens (tertiary/aromatic N) is 3. The van der Waals surface area contributed by atoms with Crippen LogP contribution in [0.2, 0.25) is 0 Å². The molecule has 1 saturated carbocycles. The summed E-state index contributed by atoms with van der Waals surface area (Å²) in [5.74, 6) is 1.06. The number of likely N-dealkylation sites (tertiary alicyclic amines) is 1. The maximum absolute atomic E-state index is 12.6. The smallest absolute Gasteiger partial charge is 0.311 e. The van der Waals surface area contributed by atoms with Crippen LogP contribution in [0.3, 0.4) is 0 Å². The van der Waals surface area contributed by atoms with E-state index in [9.17, 15) is 9.90 Å².